The third kappa shape index (κ3) is 2.89. The van der Waals surface area contributed by atoms with E-state index in [1.165, 1.54) is 31.6 Å². The fourth-order valence-electron chi connectivity index (χ4n) is 3.62. The Morgan fingerprint density at radius 2 is 2.05 bits per heavy atom. The maximum Gasteiger partial charge on any atom is 0.160 e. The van der Waals surface area contributed by atoms with Gasteiger partial charge in [-0.25, -0.2) is 9.97 Å². The molecule has 0 radical (unpaired) electrons. The molecule has 1 aliphatic rings. The first-order valence-corrected chi connectivity index (χ1v) is 8.65. The molecule has 0 saturated carbocycles. The fourth-order valence-corrected chi connectivity index (χ4v) is 3.62. The Balaban J connectivity index is 2.07. The summed E-state index contributed by atoms with van der Waals surface area (Å²) in [7, 11) is 0. The summed E-state index contributed by atoms with van der Waals surface area (Å²) in [5.74, 6) is 1.81. The van der Waals surface area contributed by atoms with Gasteiger partial charge in [0.05, 0.1) is 6.04 Å². The molecule has 1 fully saturated rings. The van der Waals surface area contributed by atoms with E-state index in [0.717, 1.165) is 17.7 Å². The van der Waals surface area contributed by atoms with E-state index in [2.05, 4.69) is 48.2 Å². The summed E-state index contributed by atoms with van der Waals surface area (Å²) in [5, 5.41) is 0. The topological polar surface area (TPSA) is 34.0 Å². The van der Waals surface area contributed by atoms with E-state index >= 15 is 0 Å². The molecule has 2 aromatic rings. The Labute approximate surface area is 133 Å². The van der Waals surface area contributed by atoms with Crippen molar-refractivity contribution in [1.29, 1.82) is 0 Å². The minimum atomic E-state index is 0.432. The van der Waals surface area contributed by atoms with Gasteiger partial charge in [0.1, 0.15) is 11.3 Å². The van der Waals surface area contributed by atoms with Crippen LogP contribution in [0.15, 0.2) is 18.3 Å². The summed E-state index contributed by atoms with van der Waals surface area (Å²) in [5.41, 5.74) is 2.08. The van der Waals surface area contributed by atoms with Gasteiger partial charge in [-0.3, -0.25) is 4.90 Å². The molecule has 1 saturated heterocycles. The van der Waals surface area contributed by atoms with E-state index in [4.69, 9.17) is 4.98 Å². The van der Waals surface area contributed by atoms with E-state index in [0.29, 0.717) is 18.0 Å². The molecule has 0 aliphatic carbocycles. The quantitative estimate of drug-likeness (QED) is 0.855. The number of hydrogen-bond acceptors (Lipinski definition) is 3. The van der Waals surface area contributed by atoms with Crippen LogP contribution in [0.3, 0.4) is 0 Å². The van der Waals surface area contributed by atoms with Crippen LogP contribution < -0.4 is 0 Å². The summed E-state index contributed by atoms with van der Waals surface area (Å²) in [6.45, 7) is 11.3. The summed E-state index contributed by atoms with van der Waals surface area (Å²) in [6.07, 6.45) is 5.69. The van der Waals surface area contributed by atoms with Gasteiger partial charge in [-0.15, -0.1) is 0 Å². The van der Waals surface area contributed by atoms with Gasteiger partial charge in [0.15, 0.2) is 5.65 Å². The van der Waals surface area contributed by atoms with Gasteiger partial charge in [0.25, 0.3) is 0 Å². The first-order valence-electron chi connectivity index (χ1n) is 8.65. The van der Waals surface area contributed by atoms with Gasteiger partial charge in [-0.1, -0.05) is 20.3 Å². The monoisotopic (exact) mass is 300 g/mol. The molecule has 0 amide bonds. The zero-order chi connectivity index (χ0) is 15.7. The van der Waals surface area contributed by atoms with Crippen molar-refractivity contribution in [1.82, 2.24) is 19.4 Å². The minimum Gasteiger partial charge on any atom is -0.311 e. The Bertz CT molecular complexity index is 629. The van der Waals surface area contributed by atoms with Crippen molar-refractivity contribution in [3.8, 4) is 0 Å². The van der Waals surface area contributed by atoms with Gasteiger partial charge in [-0.05, 0) is 51.3 Å². The summed E-state index contributed by atoms with van der Waals surface area (Å²) >= 11 is 0. The number of rotatable bonds is 4. The van der Waals surface area contributed by atoms with Crippen LogP contribution in [-0.4, -0.2) is 32.0 Å². The van der Waals surface area contributed by atoms with E-state index in [9.17, 15) is 0 Å². The lowest BCUT2D eigenvalue weighted by Gasteiger charge is -2.38. The Morgan fingerprint density at radius 3 is 2.77 bits per heavy atom. The van der Waals surface area contributed by atoms with Crippen LogP contribution in [0.4, 0.5) is 0 Å². The van der Waals surface area contributed by atoms with E-state index in [1.807, 2.05) is 12.3 Å². The number of aromatic nitrogens is 3. The van der Waals surface area contributed by atoms with Gasteiger partial charge < -0.3 is 4.57 Å². The Kier molecular flexibility index (Phi) is 4.48. The minimum absolute atomic E-state index is 0.432. The normalized spacial score (nSPS) is 20.4. The first-order chi connectivity index (χ1) is 10.6. The van der Waals surface area contributed by atoms with Crippen molar-refractivity contribution < 1.29 is 0 Å². The Morgan fingerprint density at radius 1 is 1.23 bits per heavy atom. The van der Waals surface area contributed by atoms with Crippen molar-refractivity contribution in [2.45, 2.75) is 65.6 Å². The molecular formula is C18H28N4. The second kappa shape index (κ2) is 6.37. The molecule has 1 aliphatic heterocycles. The SMILES string of the molecule is CC(C)Cn1c(C2CCCCN2C(C)C)nc2cccnc21. The second-order valence-electron chi connectivity index (χ2n) is 7.16. The molecule has 1 unspecified atom stereocenters. The average Bonchev–Trinajstić information content (AvgIpc) is 2.85. The zero-order valence-corrected chi connectivity index (χ0v) is 14.3. The van der Waals surface area contributed by atoms with Crippen molar-refractivity contribution in [3.63, 3.8) is 0 Å². The smallest absolute Gasteiger partial charge is 0.160 e. The van der Waals surface area contributed by atoms with Crippen LogP contribution in [0.1, 0.15) is 58.8 Å². The molecule has 3 rings (SSSR count). The molecule has 4 nitrogen and oxygen atoms in total. The highest BCUT2D eigenvalue weighted by Crippen LogP contribution is 2.33. The van der Waals surface area contributed by atoms with Crippen molar-refractivity contribution >= 4 is 11.2 Å². The first kappa shape index (κ1) is 15.5. The number of fused-ring (bicyclic) bond motifs is 1. The van der Waals surface area contributed by atoms with Crippen molar-refractivity contribution in [2.75, 3.05) is 6.54 Å². The predicted octanol–water partition coefficient (Wildman–Crippen LogP) is 4.02. The van der Waals surface area contributed by atoms with Crippen LogP contribution in [0, 0.1) is 5.92 Å². The number of hydrogen-bond donors (Lipinski definition) is 0. The summed E-state index contributed by atoms with van der Waals surface area (Å²) in [6, 6.07) is 5.07. The molecule has 1 atom stereocenters. The number of likely N-dealkylation sites (tertiary alicyclic amines) is 1. The van der Waals surface area contributed by atoms with Crippen LogP contribution in [-0.2, 0) is 6.54 Å². The number of nitrogens with zero attached hydrogens (tertiary/aromatic N) is 4. The van der Waals surface area contributed by atoms with Gasteiger partial charge in [0, 0.05) is 18.8 Å². The van der Waals surface area contributed by atoms with E-state index in [1.54, 1.807) is 0 Å². The zero-order valence-electron chi connectivity index (χ0n) is 14.3. The third-order valence-electron chi connectivity index (χ3n) is 4.59. The molecule has 0 aromatic carbocycles. The maximum absolute atomic E-state index is 4.98. The lowest BCUT2D eigenvalue weighted by molar-refractivity contribution is 0.103. The lowest BCUT2D eigenvalue weighted by atomic mass is 9.99. The van der Waals surface area contributed by atoms with Crippen molar-refractivity contribution in [2.24, 2.45) is 5.92 Å². The standard InChI is InChI=1S/C18H28N4/c1-13(2)12-22-17-15(8-7-10-19-17)20-18(22)16-9-5-6-11-21(16)14(3)4/h7-8,10,13-14,16H,5-6,9,11-12H2,1-4H3. The van der Waals surface area contributed by atoms with E-state index in [-0.39, 0.29) is 0 Å². The highest BCUT2D eigenvalue weighted by molar-refractivity contribution is 5.71. The molecule has 22 heavy (non-hydrogen) atoms. The van der Waals surface area contributed by atoms with Gasteiger partial charge in [0.2, 0.25) is 0 Å². The lowest BCUT2D eigenvalue weighted by Crippen LogP contribution is -2.39. The molecule has 120 valence electrons. The molecule has 4 heteroatoms. The van der Waals surface area contributed by atoms with Crippen LogP contribution >= 0.6 is 0 Å². The molecular weight excluding hydrogens is 272 g/mol. The molecule has 3 heterocycles. The molecule has 0 spiro atoms. The second-order valence-corrected chi connectivity index (χ2v) is 7.16. The number of imidazole rings is 1. The van der Waals surface area contributed by atoms with Crippen LogP contribution in [0.2, 0.25) is 0 Å². The Hall–Kier alpha value is -1.42. The van der Waals surface area contributed by atoms with Crippen LogP contribution in [0.5, 0.6) is 0 Å². The van der Waals surface area contributed by atoms with E-state index < -0.39 is 0 Å². The summed E-state index contributed by atoms with van der Waals surface area (Å²) < 4.78 is 2.37. The molecule has 0 bridgehead atoms. The van der Waals surface area contributed by atoms with Gasteiger partial charge >= 0.3 is 0 Å². The summed E-state index contributed by atoms with van der Waals surface area (Å²) in [4.78, 5) is 12.2. The van der Waals surface area contributed by atoms with Crippen molar-refractivity contribution in [3.05, 3.63) is 24.2 Å². The maximum atomic E-state index is 4.98. The highest BCUT2D eigenvalue weighted by Gasteiger charge is 2.30. The highest BCUT2D eigenvalue weighted by atomic mass is 15.2. The fraction of sp³-hybridized carbons (Fsp3) is 0.667. The van der Waals surface area contributed by atoms with Crippen LogP contribution in [0.25, 0.3) is 11.2 Å². The molecule has 2 aromatic heterocycles. The number of pyridine rings is 1. The number of piperidine rings is 1. The third-order valence-corrected chi connectivity index (χ3v) is 4.59. The molecule has 0 N–H and O–H groups in total. The largest absolute Gasteiger partial charge is 0.311 e. The van der Waals surface area contributed by atoms with Gasteiger partial charge in [-0.2, -0.15) is 0 Å². The predicted molar refractivity (Wildman–Crippen MR) is 90.8 cm³/mol. The average molecular weight is 300 g/mol.